The van der Waals surface area contributed by atoms with Gasteiger partial charge in [0.15, 0.2) is 11.6 Å². The lowest BCUT2D eigenvalue weighted by atomic mass is 10.1. The second-order valence-electron chi connectivity index (χ2n) is 13.6. The fourth-order valence-electron chi connectivity index (χ4n) is 5.72. The number of pyridine rings is 1. The van der Waals surface area contributed by atoms with E-state index in [0.717, 1.165) is 0 Å². The zero-order chi connectivity index (χ0) is 45.8. The highest BCUT2D eigenvalue weighted by molar-refractivity contribution is 7.51. The highest BCUT2D eigenvalue weighted by atomic mass is 31.2. The van der Waals surface area contributed by atoms with Crippen LogP contribution in [0.1, 0.15) is 53.8 Å². The van der Waals surface area contributed by atoms with Crippen molar-refractivity contribution >= 4 is 33.8 Å². The molecule has 0 aliphatic carbocycles. The summed E-state index contributed by atoms with van der Waals surface area (Å²) in [5.74, 6) is 11.7. The molecule has 63 heavy (non-hydrogen) atoms. The second kappa shape index (κ2) is 25.3. The van der Waals surface area contributed by atoms with Crippen molar-refractivity contribution in [3.63, 3.8) is 0 Å². The van der Waals surface area contributed by atoms with Crippen LogP contribution >= 0.6 is 15.6 Å². The number of nitrogens with zero attached hydrogens (tertiary/aromatic N) is 7. The molecule has 0 saturated carbocycles. The molecule has 0 aliphatic heterocycles. The van der Waals surface area contributed by atoms with Gasteiger partial charge in [0, 0.05) is 70.2 Å². The van der Waals surface area contributed by atoms with Crippen LogP contribution in [0.25, 0.3) is 11.6 Å². The van der Waals surface area contributed by atoms with Crippen molar-refractivity contribution in [2.75, 3.05) is 66.3 Å². The molecule has 3 heterocycles. The molecule has 0 aliphatic rings. The van der Waals surface area contributed by atoms with E-state index in [1.165, 1.54) is 26.3 Å². The van der Waals surface area contributed by atoms with Crippen molar-refractivity contribution in [3.05, 3.63) is 76.9 Å². The Labute approximate surface area is 363 Å². The first-order valence-corrected chi connectivity index (χ1v) is 22.4. The SMILES string of the molecule is COCCOc1cc(C#Cc2cc(-n3ccc(CN(CC(=O)O)C[P+](=O)O)n3)nc(-n3ccc(CN(CC=O)CP(=O)(O)O)n3)c2)c(OCCOC)cc1C#CCCCCC(=O)O. The summed E-state index contributed by atoms with van der Waals surface area (Å²) in [6.07, 6.45) is 4.22. The van der Waals surface area contributed by atoms with Crippen LogP contribution in [-0.4, -0.2) is 144 Å². The molecule has 21 nitrogen and oxygen atoms in total. The maximum absolute atomic E-state index is 11.7. The molecule has 0 spiro atoms. The summed E-state index contributed by atoms with van der Waals surface area (Å²) in [5.41, 5.74) is 2.09. The fraction of sp³-hybridized carbons (Fsp3) is 0.400. The van der Waals surface area contributed by atoms with Crippen LogP contribution in [-0.2, 0) is 46.1 Å². The molecule has 0 amide bonds. The van der Waals surface area contributed by atoms with Crippen LogP contribution in [0.2, 0.25) is 0 Å². The minimum atomic E-state index is -4.49. The molecule has 4 aromatic rings. The number of ether oxygens (including phenoxy) is 4. The maximum Gasteiger partial charge on any atom is 0.521 e. The zero-order valence-corrected chi connectivity index (χ0v) is 36.3. The van der Waals surface area contributed by atoms with Gasteiger partial charge in [-0.25, -0.2) is 19.2 Å². The molecular formula is C40H48N7O14P2+. The standard InChI is InChI=1S/C40H47N7O14P2/c1-58-17-19-60-35-24-32(36(61-20-18-59-2)23-31(35)7-5-3-4-6-8-39(49)50)10-9-30-21-37(46-13-11-33(42-46)25-44(15-16-48)29-63(55,56)57)41-38(22-30)47-14-12-34(43-47)26-45(27-40(51)52)28-62(53)54/h11-14,16,21-24H,3-4,6,8,15,17-20,25-29H2,1-2H3,(H4-,49,50,51,52,53,54,55,56,57)/p+1. The van der Waals surface area contributed by atoms with Crippen molar-refractivity contribution in [2.45, 2.75) is 38.8 Å². The lowest BCUT2D eigenvalue weighted by Gasteiger charge is -2.18. The Balaban J connectivity index is 1.80. The topological polar surface area (TPSA) is 278 Å². The summed E-state index contributed by atoms with van der Waals surface area (Å²) in [7, 11) is -4.08. The highest BCUT2D eigenvalue weighted by Crippen LogP contribution is 2.35. The van der Waals surface area contributed by atoms with Crippen LogP contribution in [0.5, 0.6) is 11.5 Å². The quantitative estimate of drug-likeness (QED) is 0.0262. The van der Waals surface area contributed by atoms with Gasteiger partial charge in [-0.2, -0.15) is 15.1 Å². The van der Waals surface area contributed by atoms with Crippen molar-refractivity contribution < 1.29 is 67.4 Å². The predicted octanol–water partition coefficient (Wildman–Crippen LogP) is 2.61. The molecule has 1 unspecified atom stereocenters. The van der Waals surface area contributed by atoms with E-state index < -0.39 is 40.4 Å². The number of aldehydes is 1. The first-order valence-electron chi connectivity index (χ1n) is 19.2. The van der Waals surface area contributed by atoms with Crippen molar-refractivity contribution in [2.24, 2.45) is 0 Å². The molecule has 0 saturated heterocycles. The normalized spacial score (nSPS) is 11.4. The number of aliphatic carboxylic acids is 2. The third-order valence-corrected chi connectivity index (χ3v) is 9.81. The van der Waals surface area contributed by atoms with E-state index in [-0.39, 0.29) is 63.8 Å². The van der Waals surface area contributed by atoms with Crippen molar-refractivity contribution in [3.8, 4) is 46.8 Å². The van der Waals surface area contributed by atoms with Gasteiger partial charge in [0.05, 0.1) is 42.3 Å². The summed E-state index contributed by atoms with van der Waals surface area (Å²) in [6.45, 7) is 0.0771. The Morgan fingerprint density at radius 2 is 1.40 bits per heavy atom. The fourth-order valence-corrected chi connectivity index (χ4v) is 7.00. The number of aromatic nitrogens is 5. The van der Waals surface area contributed by atoms with Gasteiger partial charge in [0.25, 0.3) is 0 Å². The number of carbonyl (C=O) groups is 3. The summed E-state index contributed by atoms with van der Waals surface area (Å²) < 4.78 is 48.6. The first kappa shape index (κ1) is 49.8. The Morgan fingerprint density at radius 1 is 0.825 bits per heavy atom. The summed E-state index contributed by atoms with van der Waals surface area (Å²) >= 11 is 0. The number of unbranched alkanes of at least 4 members (excludes halogenated alkanes) is 2. The molecule has 0 bridgehead atoms. The van der Waals surface area contributed by atoms with E-state index in [2.05, 4.69) is 33.9 Å². The molecule has 3 aromatic heterocycles. The predicted molar refractivity (Wildman–Crippen MR) is 225 cm³/mol. The number of carboxylic acids is 2. The van der Waals surface area contributed by atoms with Gasteiger partial charge >= 0.3 is 27.6 Å². The molecule has 1 atom stereocenters. The van der Waals surface area contributed by atoms with Gasteiger partial charge < -0.3 is 43.7 Å². The third-order valence-electron chi connectivity index (χ3n) is 8.40. The van der Waals surface area contributed by atoms with Gasteiger partial charge in [-0.3, -0.25) is 19.1 Å². The van der Waals surface area contributed by atoms with Gasteiger partial charge in [-0.1, -0.05) is 23.7 Å². The second-order valence-corrected chi connectivity index (χ2v) is 16.2. The highest BCUT2D eigenvalue weighted by Gasteiger charge is 2.23. The van der Waals surface area contributed by atoms with E-state index in [1.807, 2.05) is 0 Å². The summed E-state index contributed by atoms with van der Waals surface area (Å²) in [5, 5.41) is 27.4. The van der Waals surface area contributed by atoms with Gasteiger partial charge in [-0.05, 0) is 41.7 Å². The monoisotopic (exact) mass is 912 g/mol. The number of benzene rings is 1. The maximum atomic E-state index is 11.7. The summed E-state index contributed by atoms with van der Waals surface area (Å²) in [6, 6.07) is 9.86. The minimum Gasteiger partial charge on any atom is -0.490 e. The van der Waals surface area contributed by atoms with E-state index in [1.54, 1.807) is 55.9 Å². The minimum absolute atomic E-state index is 0.0521. The lowest BCUT2D eigenvalue weighted by molar-refractivity contribution is -0.138. The number of methoxy groups -OCH3 is 2. The van der Waals surface area contributed by atoms with E-state index in [9.17, 15) is 43.3 Å². The van der Waals surface area contributed by atoms with Gasteiger partial charge in [-0.15, -0.1) is 0 Å². The lowest BCUT2D eigenvalue weighted by Crippen LogP contribution is -2.29. The zero-order valence-electron chi connectivity index (χ0n) is 34.5. The number of carboxylic acid groups (broad SMARTS) is 2. The van der Waals surface area contributed by atoms with Crippen LogP contribution < -0.4 is 9.47 Å². The Morgan fingerprint density at radius 3 is 1.90 bits per heavy atom. The van der Waals surface area contributed by atoms with Gasteiger partial charge in [0.2, 0.25) is 6.29 Å². The van der Waals surface area contributed by atoms with Crippen LogP contribution in [0.15, 0.2) is 48.8 Å². The smallest absolute Gasteiger partial charge is 0.490 e. The van der Waals surface area contributed by atoms with Crippen LogP contribution in [0.4, 0.5) is 0 Å². The average Bonchev–Trinajstić information content (AvgIpc) is 3.88. The van der Waals surface area contributed by atoms with E-state index >= 15 is 0 Å². The molecule has 1 aromatic carbocycles. The summed E-state index contributed by atoms with van der Waals surface area (Å²) in [4.78, 5) is 69.4. The van der Waals surface area contributed by atoms with Crippen molar-refractivity contribution in [1.29, 1.82) is 0 Å². The van der Waals surface area contributed by atoms with Gasteiger partial charge in [0.1, 0.15) is 43.8 Å². The van der Waals surface area contributed by atoms with Crippen LogP contribution in [0.3, 0.4) is 0 Å². The molecule has 4 rings (SSSR count). The molecule has 0 radical (unpaired) electrons. The Hall–Kier alpha value is -5.83. The van der Waals surface area contributed by atoms with Crippen molar-refractivity contribution in [1.82, 2.24) is 34.3 Å². The average molecular weight is 913 g/mol. The Bertz CT molecular complexity index is 2300. The molecular weight excluding hydrogens is 864 g/mol. The molecule has 5 N–H and O–H groups in total. The number of rotatable bonds is 26. The molecule has 23 heteroatoms. The van der Waals surface area contributed by atoms with E-state index in [4.69, 9.17) is 29.0 Å². The number of hydrogen-bond donors (Lipinski definition) is 5. The Kier molecular flexibility index (Phi) is 20.0. The largest absolute Gasteiger partial charge is 0.521 e. The number of hydrogen-bond acceptors (Lipinski definition) is 14. The van der Waals surface area contributed by atoms with Crippen LogP contribution in [0, 0.1) is 23.7 Å². The first-order chi connectivity index (χ1) is 30.2. The third kappa shape index (κ3) is 17.8. The molecule has 0 fully saturated rings. The number of carbonyl (C=O) groups excluding carboxylic acids is 1. The van der Waals surface area contributed by atoms with E-state index in [0.29, 0.717) is 71.7 Å². The molecule has 336 valence electrons.